The zero-order chi connectivity index (χ0) is 11.1. The van der Waals surface area contributed by atoms with Crippen molar-refractivity contribution in [3.8, 4) is 0 Å². The van der Waals surface area contributed by atoms with Gasteiger partial charge in [0.1, 0.15) is 0 Å². The van der Waals surface area contributed by atoms with Gasteiger partial charge in [0.05, 0.1) is 10.7 Å². The van der Waals surface area contributed by atoms with E-state index in [1.165, 1.54) is 4.90 Å². The van der Waals surface area contributed by atoms with E-state index in [1.54, 1.807) is 0 Å². The molecule has 2 rings (SSSR count). The molecule has 0 saturated carbocycles. The lowest BCUT2D eigenvalue weighted by atomic mass is 9.91. The predicted octanol–water partition coefficient (Wildman–Crippen LogP) is 4.27. The molecule has 1 aliphatic heterocycles. The van der Waals surface area contributed by atoms with E-state index in [-0.39, 0.29) is 0 Å². The highest BCUT2D eigenvalue weighted by Gasteiger charge is 2.29. The van der Waals surface area contributed by atoms with Crippen LogP contribution in [0.3, 0.4) is 0 Å². The molecule has 1 atom stereocenters. The van der Waals surface area contributed by atoms with Crippen molar-refractivity contribution in [1.29, 1.82) is 0 Å². The van der Waals surface area contributed by atoms with Gasteiger partial charge in [-0.3, -0.25) is 0 Å². The van der Waals surface area contributed by atoms with Crippen LogP contribution in [0.15, 0.2) is 23.1 Å². The Kier molecular flexibility index (Phi) is 2.91. The Bertz CT molecular complexity index is 370. The summed E-state index contributed by atoms with van der Waals surface area (Å²) in [6.45, 7) is 7.83. The first kappa shape index (κ1) is 11.2. The molecular weight excluding hydrogens is 226 g/mol. The number of fused-ring (bicyclic) bond motifs is 1. The first-order chi connectivity index (χ1) is 6.98. The Labute approximate surface area is 101 Å². The van der Waals surface area contributed by atoms with Gasteiger partial charge in [-0.15, -0.1) is 11.8 Å². The maximum absolute atomic E-state index is 6.13. The monoisotopic (exact) mass is 241 g/mol. The van der Waals surface area contributed by atoms with Crippen LogP contribution in [-0.4, -0.2) is 11.8 Å². The highest BCUT2D eigenvalue weighted by molar-refractivity contribution is 8.00. The number of rotatable bonds is 0. The number of para-hydroxylation sites is 1. The Morgan fingerprint density at radius 2 is 2.13 bits per heavy atom. The second-order valence-electron chi connectivity index (χ2n) is 4.97. The number of nitrogens with one attached hydrogen (secondary N) is 1. The van der Waals surface area contributed by atoms with E-state index in [2.05, 4.69) is 32.2 Å². The van der Waals surface area contributed by atoms with Gasteiger partial charge in [-0.05, 0) is 17.5 Å². The third-order valence-corrected chi connectivity index (χ3v) is 4.74. The molecule has 0 fully saturated rings. The molecule has 1 heterocycles. The highest BCUT2D eigenvalue weighted by atomic mass is 35.5. The maximum atomic E-state index is 6.13. The molecule has 0 saturated heterocycles. The number of hydrogen-bond donors (Lipinski definition) is 1. The zero-order valence-corrected chi connectivity index (χ0v) is 10.9. The van der Waals surface area contributed by atoms with Gasteiger partial charge in [0.2, 0.25) is 0 Å². The highest BCUT2D eigenvalue weighted by Crippen LogP contribution is 2.44. The minimum Gasteiger partial charge on any atom is -0.382 e. The Hall–Kier alpha value is -0.340. The molecule has 0 bridgehead atoms. The third kappa shape index (κ3) is 2.26. The van der Waals surface area contributed by atoms with Crippen molar-refractivity contribution in [1.82, 2.24) is 0 Å². The van der Waals surface area contributed by atoms with Crippen LogP contribution in [0.25, 0.3) is 0 Å². The van der Waals surface area contributed by atoms with Gasteiger partial charge in [-0.2, -0.15) is 0 Å². The lowest BCUT2D eigenvalue weighted by Gasteiger charge is -2.35. The molecule has 1 N–H and O–H groups in total. The first-order valence-corrected chi connectivity index (χ1v) is 6.43. The van der Waals surface area contributed by atoms with E-state index in [4.69, 9.17) is 11.6 Å². The fourth-order valence-corrected chi connectivity index (χ4v) is 3.23. The SMILES string of the molecule is CC(C)(C)C1CNc2c(Cl)cccc2S1. The molecule has 0 aromatic heterocycles. The average Bonchev–Trinajstić information content (AvgIpc) is 2.16. The Balaban J connectivity index is 2.28. The fourth-order valence-electron chi connectivity index (χ4n) is 1.65. The number of hydrogen-bond acceptors (Lipinski definition) is 2. The molecule has 1 aliphatic rings. The van der Waals surface area contributed by atoms with Gasteiger partial charge < -0.3 is 5.32 Å². The summed E-state index contributed by atoms with van der Waals surface area (Å²) in [6.07, 6.45) is 0. The van der Waals surface area contributed by atoms with Gasteiger partial charge in [0, 0.05) is 16.7 Å². The summed E-state index contributed by atoms with van der Waals surface area (Å²) in [4.78, 5) is 1.27. The standard InChI is InChI=1S/C12H16ClNS/c1-12(2,3)10-7-14-11-8(13)5-4-6-9(11)15-10/h4-6,10,14H,7H2,1-3H3. The first-order valence-electron chi connectivity index (χ1n) is 5.17. The molecule has 1 aromatic rings. The van der Waals surface area contributed by atoms with Crippen LogP contribution in [0.4, 0.5) is 5.69 Å². The van der Waals surface area contributed by atoms with Crippen molar-refractivity contribution in [2.45, 2.75) is 30.9 Å². The van der Waals surface area contributed by atoms with Crippen LogP contribution < -0.4 is 5.32 Å². The number of halogens is 1. The van der Waals surface area contributed by atoms with Crippen LogP contribution in [0.1, 0.15) is 20.8 Å². The lowest BCUT2D eigenvalue weighted by Crippen LogP contribution is -2.33. The van der Waals surface area contributed by atoms with Crippen molar-refractivity contribution in [3.63, 3.8) is 0 Å². The van der Waals surface area contributed by atoms with E-state index < -0.39 is 0 Å². The van der Waals surface area contributed by atoms with E-state index in [0.717, 1.165) is 17.3 Å². The molecule has 0 spiro atoms. The Morgan fingerprint density at radius 1 is 1.40 bits per heavy atom. The summed E-state index contributed by atoms with van der Waals surface area (Å²) in [7, 11) is 0. The Morgan fingerprint density at radius 3 is 2.80 bits per heavy atom. The third-order valence-electron chi connectivity index (χ3n) is 2.67. The van der Waals surface area contributed by atoms with Gasteiger partial charge in [0.15, 0.2) is 0 Å². The van der Waals surface area contributed by atoms with Crippen LogP contribution in [0, 0.1) is 5.41 Å². The van der Waals surface area contributed by atoms with E-state index in [1.807, 2.05) is 23.9 Å². The van der Waals surface area contributed by atoms with E-state index >= 15 is 0 Å². The minimum absolute atomic E-state index is 0.317. The summed E-state index contributed by atoms with van der Waals surface area (Å²) in [5.74, 6) is 0. The summed E-state index contributed by atoms with van der Waals surface area (Å²) in [6, 6.07) is 6.09. The van der Waals surface area contributed by atoms with Gasteiger partial charge in [0.25, 0.3) is 0 Å². The van der Waals surface area contributed by atoms with Crippen molar-refractivity contribution in [3.05, 3.63) is 23.2 Å². The minimum atomic E-state index is 0.317. The largest absolute Gasteiger partial charge is 0.382 e. The zero-order valence-electron chi connectivity index (χ0n) is 9.30. The van der Waals surface area contributed by atoms with Crippen molar-refractivity contribution < 1.29 is 0 Å². The fraction of sp³-hybridized carbons (Fsp3) is 0.500. The predicted molar refractivity (Wildman–Crippen MR) is 69.0 cm³/mol. The molecule has 82 valence electrons. The van der Waals surface area contributed by atoms with E-state index in [0.29, 0.717) is 10.7 Å². The quantitative estimate of drug-likeness (QED) is 0.728. The normalized spacial score (nSPS) is 20.7. The molecule has 3 heteroatoms. The molecule has 1 nitrogen and oxygen atoms in total. The van der Waals surface area contributed by atoms with Gasteiger partial charge in [-0.1, -0.05) is 38.4 Å². The van der Waals surface area contributed by atoms with Gasteiger partial charge in [-0.25, -0.2) is 0 Å². The number of anilines is 1. The second-order valence-corrected chi connectivity index (χ2v) is 6.62. The molecule has 0 amide bonds. The molecule has 0 aliphatic carbocycles. The van der Waals surface area contributed by atoms with Crippen LogP contribution >= 0.6 is 23.4 Å². The lowest BCUT2D eigenvalue weighted by molar-refractivity contribution is 0.401. The summed E-state index contributed by atoms with van der Waals surface area (Å²) >= 11 is 8.06. The summed E-state index contributed by atoms with van der Waals surface area (Å²) < 4.78 is 0. The topological polar surface area (TPSA) is 12.0 Å². The van der Waals surface area contributed by atoms with E-state index in [9.17, 15) is 0 Å². The maximum Gasteiger partial charge on any atom is 0.0668 e. The number of benzene rings is 1. The van der Waals surface area contributed by atoms with Gasteiger partial charge >= 0.3 is 0 Å². The number of thioether (sulfide) groups is 1. The van der Waals surface area contributed by atoms with Crippen molar-refractivity contribution in [2.24, 2.45) is 5.41 Å². The molecule has 1 aromatic carbocycles. The van der Waals surface area contributed by atoms with Crippen LogP contribution in [0.2, 0.25) is 5.02 Å². The second kappa shape index (κ2) is 3.91. The smallest absolute Gasteiger partial charge is 0.0668 e. The van der Waals surface area contributed by atoms with Crippen LogP contribution in [0.5, 0.6) is 0 Å². The summed E-state index contributed by atoms with van der Waals surface area (Å²) in [5.41, 5.74) is 1.42. The van der Waals surface area contributed by atoms with Crippen molar-refractivity contribution in [2.75, 3.05) is 11.9 Å². The average molecular weight is 242 g/mol. The van der Waals surface area contributed by atoms with Crippen molar-refractivity contribution >= 4 is 29.1 Å². The van der Waals surface area contributed by atoms with Crippen LogP contribution in [-0.2, 0) is 0 Å². The molecule has 0 radical (unpaired) electrons. The summed E-state index contributed by atoms with van der Waals surface area (Å²) in [5, 5.41) is 4.86. The molecular formula is C12H16ClNS. The molecule has 15 heavy (non-hydrogen) atoms. The molecule has 1 unspecified atom stereocenters.